The first-order chi connectivity index (χ1) is 11.6. The van der Waals surface area contributed by atoms with Gasteiger partial charge in [-0.2, -0.15) is 0 Å². The molecular formula is C18H25N3O3. The Kier molecular flexibility index (Phi) is 6.78. The van der Waals surface area contributed by atoms with Gasteiger partial charge in [-0.05, 0) is 18.4 Å². The number of benzene rings is 1. The van der Waals surface area contributed by atoms with Crippen LogP contribution in [0.15, 0.2) is 30.3 Å². The third-order valence-corrected chi connectivity index (χ3v) is 4.25. The zero-order valence-corrected chi connectivity index (χ0v) is 14.0. The second kappa shape index (κ2) is 9.05. The molecule has 0 saturated heterocycles. The summed E-state index contributed by atoms with van der Waals surface area (Å²) >= 11 is 0. The highest BCUT2D eigenvalue weighted by molar-refractivity contribution is 5.90. The van der Waals surface area contributed by atoms with Gasteiger partial charge in [0, 0.05) is 25.9 Å². The summed E-state index contributed by atoms with van der Waals surface area (Å²) in [6, 6.07) is 8.54. The van der Waals surface area contributed by atoms with E-state index in [2.05, 4.69) is 16.0 Å². The van der Waals surface area contributed by atoms with Crippen molar-refractivity contribution in [3.05, 3.63) is 35.9 Å². The molecule has 6 nitrogen and oxygen atoms in total. The van der Waals surface area contributed by atoms with Crippen LogP contribution < -0.4 is 16.0 Å². The van der Waals surface area contributed by atoms with Crippen molar-refractivity contribution >= 4 is 17.7 Å². The van der Waals surface area contributed by atoms with Crippen LogP contribution in [0.5, 0.6) is 0 Å². The molecule has 0 spiro atoms. The summed E-state index contributed by atoms with van der Waals surface area (Å²) in [7, 11) is 1.53. The van der Waals surface area contributed by atoms with Gasteiger partial charge in [0.1, 0.15) is 6.04 Å². The molecule has 1 aromatic rings. The van der Waals surface area contributed by atoms with Crippen LogP contribution >= 0.6 is 0 Å². The Morgan fingerprint density at radius 2 is 1.67 bits per heavy atom. The number of carbonyl (C=O) groups excluding carboxylic acids is 3. The zero-order chi connectivity index (χ0) is 17.4. The molecule has 1 fully saturated rings. The first-order valence-electron chi connectivity index (χ1n) is 8.45. The van der Waals surface area contributed by atoms with Crippen LogP contribution in [0.2, 0.25) is 0 Å². The van der Waals surface area contributed by atoms with Gasteiger partial charge in [-0.25, -0.2) is 0 Å². The van der Waals surface area contributed by atoms with Gasteiger partial charge in [0.25, 0.3) is 0 Å². The van der Waals surface area contributed by atoms with E-state index in [4.69, 9.17) is 0 Å². The van der Waals surface area contributed by atoms with Crippen molar-refractivity contribution in [1.82, 2.24) is 16.0 Å². The first-order valence-corrected chi connectivity index (χ1v) is 8.45. The van der Waals surface area contributed by atoms with Gasteiger partial charge >= 0.3 is 0 Å². The fourth-order valence-corrected chi connectivity index (χ4v) is 2.92. The number of likely N-dealkylation sites (N-methyl/N-ethyl adjacent to an activating group) is 1. The summed E-state index contributed by atoms with van der Waals surface area (Å²) in [5.41, 5.74) is 0.709. The fraction of sp³-hybridized carbons (Fsp3) is 0.500. The normalized spacial score (nSPS) is 15.5. The SMILES string of the molecule is CNC(=O)[C@@H](NC(=O)CCC(=O)NC1CCCC1)c1ccccc1. The summed E-state index contributed by atoms with van der Waals surface area (Å²) in [4.78, 5) is 36.0. The minimum atomic E-state index is -0.749. The maximum Gasteiger partial charge on any atom is 0.246 e. The fourth-order valence-electron chi connectivity index (χ4n) is 2.92. The van der Waals surface area contributed by atoms with Crippen molar-refractivity contribution in [3.63, 3.8) is 0 Å². The van der Waals surface area contributed by atoms with Crippen molar-refractivity contribution in [1.29, 1.82) is 0 Å². The van der Waals surface area contributed by atoms with Crippen LogP contribution in [-0.2, 0) is 14.4 Å². The van der Waals surface area contributed by atoms with E-state index in [0.717, 1.165) is 25.7 Å². The molecule has 3 N–H and O–H groups in total. The molecule has 1 aliphatic carbocycles. The Balaban J connectivity index is 1.84. The lowest BCUT2D eigenvalue weighted by molar-refractivity contribution is -0.130. The van der Waals surface area contributed by atoms with Crippen LogP contribution in [0, 0.1) is 0 Å². The van der Waals surface area contributed by atoms with E-state index in [0.29, 0.717) is 5.56 Å². The van der Waals surface area contributed by atoms with E-state index in [1.54, 1.807) is 12.1 Å². The quantitative estimate of drug-likeness (QED) is 0.706. The smallest absolute Gasteiger partial charge is 0.246 e. The van der Waals surface area contributed by atoms with E-state index >= 15 is 0 Å². The van der Waals surface area contributed by atoms with Gasteiger partial charge in [0.05, 0.1) is 0 Å². The van der Waals surface area contributed by atoms with E-state index in [9.17, 15) is 14.4 Å². The van der Waals surface area contributed by atoms with Crippen LogP contribution in [0.3, 0.4) is 0 Å². The van der Waals surface area contributed by atoms with Crippen molar-refractivity contribution < 1.29 is 14.4 Å². The summed E-state index contributed by atoms with van der Waals surface area (Å²) in [6.45, 7) is 0. The minimum Gasteiger partial charge on any atom is -0.357 e. The third-order valence-electron chi connectivity index (χ3n) is 4.25. The van der Waals surface area contributed by atoms with Crippen molar-refractivity contribution in [2.45, 2.75) is 50.6 Å². The van der Waals surface area contributed by atoms with Crippen LogP contribution in [0.25, 0.3) is 0 Å². The minimum absolute atomic E-state index is 0.0683. The van der Waals surface area contributed by atoms with Crippen molar-refractivity contribution in [2.24, 2.45) is 0 Å². The molecule has 1 saturated carbocycles. The van der Waals surface area contributed by atoms with Gasteiger partial charge in [-0.3, -0.25) is 14.4 Å². The largest absolute Gasteiger partial charge is 0.357 e. The molecule has 130 valence electrons. The first kappa shape index (κ1) is 18.0. The topological polar surface area (TPSA) is 87.3 Å². The van der Waals surface area contributed by atoms with Crippen LogP contribution in [-0.4, -0.2) is 30.8 Å². The molecule has 0 aromatic heterocycles. The second-order valence-corrected chi connectivity index (χ2v) is 6.07. The molecule has 24 heavy (non-hydrogen) atoms. The monoisotopic (exact) mass is 331 g/mol. The molecule has 6 heteroatoms. The number of hydrogen-bond donors (Lipinski definition) is 3. The van der Waals surface area contributed by atoms with E-state index in [1.165, 1.54) is 7.05 Å². The Morgan fingerprint density at radius 3 is 2.29 bits per heavy atom. The average molecular weight is 331 g/mol. The van der Waals surface area contributed by atoms with E-state index in [-0.39, 0.29) is 36.6 Å². The third kappa shape index (κ3) is 5.37. The standard InChI is InChI=1S/C18H25N3O3/c1-19-18(24)17(13-7-3-2-4-8-13)21-16(23)12-11-15(22)20-14-9-5-6-10-14/h2-4,7-8,14,17H,5-6,9-12H2,1H3,(H,19,24)(H,20,22)(H,21,23)/t17-/m0/s1. The van der Waals surface area contributed by atoms with E-state index in [1.807, 2.05) is 18.2 Å². The van der Waals surface area contributed by atoms with Crippen LogP contribution in [0.4, 0.5) is 0 Å². The highest BCUT2D eigenvalue weighted by Crippen LogP contribution is 2.18. The lowest BCUT2D eigenvalue weighted by Crippen LogP contribution is -2.39. The summed E-state index contributed by atoms with van der Waals surface area (Å²) < 4.78 is 0. The number of nitrogens with one attached hydrogen (secondary N) is 3. The van der Waals surface area contributed by atoms with Gasteiger partial charge in [0.15, 0.2) is 0 Å². The van der Waals surface area contributed by atoms with Gasteiger partial charge in [0.2, 0.25) is 17.7 Å². The Morgan fingerprint density at radius 1 is 1.04 bits per heavy atom. The summed E-state index contributed by atoms with van der Waals surface area (Å²) in [5, 5.41) is 8.21. The Labute approximate surface area is 142 Å². The zero-order valence-electron chi connectivity index (χ0n) is 14.0. The molecule has 0 radical (unpaired) electrons. The molecular weight excluding hydrogens is 306 g/mol. The van der Waals surface area contributed by atoms with E-state index < -0.39 is 6.04 Å². The molecule has 3 amide bonds. The number of rotatable bonds is 7. The van der Waals surface area contributed by atoms with Gasteiger partial charge in [-0.1, -0.05) is 43.2 Å². The van der Waals surface area contributed by atoms with Crippen molar-refractivity contribution in [3.8, 4) is 0 Å². The maximum atomic E-state index is 12.1. The lowest BCUT2D eigenvalue weighted by Gasteiger charge is -2.18. The predicted molar refractivity (Wildman–Crippen MR) is 91.0 cm³/mol. The molecule has 0 unspecified atom stereocenters. The van der Waals surface area contributed by atoms with Crippen LogP contribution in [0.1, 0.15) is 50.1 Å². The highest BCUT2D eigenvalue weighted by atomic mass is 16.2. The molecule has 2 rings (SSSR count). The molecule has 0 heterocycles. The molecule has 1 aliphatic rings. The molecule has 0 aliphatic heterocycles. The summed E-state index contributed by atoms with van der Waals surface area (Å²) in [5.74, 6) is -0.702. The maximum absolute atomic E-state index is 12.1. The Hall–Kier alpha value is -2.37. The molecule has 1 atom stereocenters. The number of amides is 3. The molecule has 1 aromatic carbocycles. The van der Waals surface area contributed by atoms with Gasteiger partial charge < -0.3 is 16.0 Å². The highest BCUT2D eigenvalue weighted by Gasteiger charge is 2.22. The lowest BCUT2D eigenvalue weighted by atomic mass is 10.1. The van der Waals surface area contributed by atoms with Gasteiger partial charge in [-0.15, -0.1) is 0 Å². The number of hydrogen-bond acceptors (Lipinski definition) is 3. The van der Waals surface area contributed by atoms with Crippen molar-refractivity contribution in [2.75, 3.05) is 7.05 Å². The second-order valence-electron chi connectivity index (χ2n) is 6.07. The average Bonchev–Trinajstić information content (AvgIpc) is 3.11. The Bertz CT molecular complexity index is 568. The number of carbonyl (C=O) groups is 3. The molecule has 0 bridgehead atoms. The summed E-state index contributed by atoms with van der Waals surface area (Å²) in [6.07, 6.45) is 4.54. The predicted octanol–water partition coefficient (Wildman–Crippen LogP) is 1.43.